The molecule has 0 aliphatic heterocycles. The number of amides is 2. The van der Waals surface area contributed by atoms with E-state index in [2.05, 4.69) is 10.6 Å². The summed E-state index contributed by atoms with van der Waals surface area (Å²) in [5.74, 6) is -1.22. The largest absolute Gasteiger partial charge is 0.398 e. The van der Waals surface area contributed by atoms with Crippen molar-refractivity contribution in [3.63, 3.8) is 0 Å². The number of nitrogen functional groups attached to an aromatic ring is 1. The average molecular weight is 265 g/mol. The van der Waals surface area contributed by atoms with Gasteiger partial charge < -0.3 is 16.4 Å². The number of benzene rings is 1. The van der Waals surface area contributed by atoms with Crippen molar-refractivity contribution >= 4 is 17.5 Å². The lowest BCUT2D eigenvalue weighted by atomic mass is 10.1. The Labute approximate surface area is 110 Å². The van der Waals surface area contributed by atoms with Crippen LogP contribution in [0.5, 0.6) is 0 Å². The van der Waals surface area contributed by atoms with Crippen LogP contribution < -0.4 is 16.4 Å². The van der Waals surface area contributed by atoms with Crippen LogP contribution in [0.2, 0.25) is 0 Å². The smallest absolute Gasteiger partial charge is 0.254 e. The van der Waals surface area contributed by atoms with Crippen molar-refractivity contribution in [3.05, 3.63) is 29.6 Å². The zero-order chi connectivity index (χ0) is 14.0. The number of hydrogen-bond donors (Lipinski definition) is 3. The zero-order valence-electron chi connectivity index (χ0n) is 10.6. The molecular formula is C13H16FN3O2. The highest BCUT2D eigenvalue weighted by Gasteiger charge is 2.26. The fraction of sp³-hybridized carbons (Fsp3) is 0.385. The van der Waals surface area contributed by atoms with Gasteiger partial charge in [-0.05, 0) is 38.0 Å². The molecule has 19 heavy (non-hydrogen) atoms. The molecule has 1 fully saturated rings. The summed E-state index contributed by atoms with van der Waals surface area (Å²) in [6.45, 7) is 1.59. The maximum absolute atomic E-state index is 12.9. The minimum Gasteiger partial charge on any atom is -0.398 e. The summed E-state index contributed by atoms with van der Waals surface area (Å²) in [5.41, 5.74) is 5.77. The molecule has 1 aromatic rings. The molecule has 2 amide bonds. The molecule has 2 rings (SSSR count). The van der Waals surface area contributed by atoms with E-state index >= 15 is 0 Å². The van der Waals surface area contributed by atoms with E-state index in [1.165, 1.54) is 6.07 Å². The van der Waals surface area contributed by atoms with Gasteiger partial charge in [0.15, 0.2) is 0 Å². The SMILES string of the molecule is CC(NC(=O)c1ccc(F)cc1N)C(=O)NC1CC1. The van der Waals surface area contributed by atoms with Gasteiger partial charge in [0.2, 0.25) is 5.91 Å². The summed E-state index contributed by atoms with van der Waals surface area (Å²) in [5, 5.41) is 5.33. The molecule has 0 saturated heterocycles. The van der Waals surface area contributed by atoms with Crippen LogP contribution in [0.3, 0.4) is 0 Å². The van der Waals surface area contributed by atoms with Crippen LogP contribution >= 0.6 is 0 Å². The normalized spacial score (nSPS) is 15.7. The highest BCUT2D eigenvalue weighted by molar-refractivity contribution is 6.01. The van der Waals surface area contributed by atoms with E-state index in [1.54, 1.807) is 6.92 Å². The fourth-order valence-electron chi connectivity index (χ4n) is 1.63. The molecule has 1 aromatic carbocycles. The van der Waals surface area contributed by atoms with E-state index < -0.39 is 17.8 Å². The Bertz CT molecular complexity index is 515. The first-order chi connectivity index (χ1) is 8.97. The first-order valence-corrected chi connectivity index (χ1v) is 6.13. The molecule has 6 heteroatoms. The van der Waals surface area contributed by atoms with Gasteiger partial charge in [0.05, 0.1) is 5.56 Å². The zero-order valence-corrected chi connectivity index (χ0v) is 10.6. The van der Waals surface area contributed by atoms with Crippen molar-refractivity contribution in [1.29, 1.82) is 0 Å². The van der Waals surface area contributed by atoms with Gasteiger partial charge >= 0.3 is 0 Å². The molecule has 0 spiro atoms. The van der Waals surface area contributed by atoms with Crippen molar-refractivity contribution in [1.82, 2.24) is 10.6 Å². The number of anilines is 1. The van der Waals surface area contributed by atoms with Crippen LogP contribution in [0, 0.1) is 5.82 Å². The fourth-order valence-corrected chi connectivity index (χ4v) is 1.63. The molecule has 0 radical (unpaired) electrons. The quantitative estimate of drug-likeness (QED) is 0.704. The molecular weight excluding hydrogens is 249 g/mol. The van der Waals surface area contributed by atoms with Crippen molar-refractivity contribution in [2.24, 2.45) is 0 Å². The van der Waals surface area contributed by atoms with Crippen LogP contribution in [0.1, 0.15) is 30.1 Å². The Balaban J connectivity index is 1.97. The standard InChI is InChI=1S/C13H16FN3O2/c1-7(12(18)17-9-3-4-9)16-13(19)10-5-2-8(14)6-11(10)15/h2,5-7,9H,3-4,15H2,1H3,(H,16,19)(H,17,18). The molecule has 0 heterocycles. The molecule has 0 bridgehead atoms. The van der Waals surface area contributed by atoms with E-state index in [0.717, 1.165) is 25.0 Å². The van der Waals surface area contributed by atoms with E-state index in [4.69, 9.17) is 5.73 Å². The monoisotopic (exact) mass is 265 g/mol. The third-order valence-electron chi connectivity index (χ3n) is 2.92. The molecule has 0 aromatic heterocycles. The number of carbonyl (C=O) groups excluding carboxylic acids is 2. The summed E-state index contributed by atoms with van der Waals surface area (Å²) in [6.07, 6.45) is 1.97. The second-order valence-electron chi connectivity index (χ2n) is 4.71. The van der Waals surface area contributed by atoms with Crippen LogP contribution in [0.15, 0.2) is 18.2 Å². The van der Waals surface area contributed by atoms with Gasteiger partial charge in [0, 0.05) is 11.7 Å². The molecule has 1 atom stereocenters. The van der Waals surface area contributed by atoms with Gasteiger partial charge in [0.25, 0.3) is 5.91 Å². The van der Waals surface area contributed by atoms with Crippen LogP contribution in [-0.2, 0) is 4.79 Å². The Morgan fingerprint density at radius 1 is 1.42 bits per heavy atom. The maximum atomic E-state index is 12.9. The number of halogens is 1. The average Bonchev–Trinajstić information content (AvgIpc) is 3.12. The van der Waals surface area contributed by atoms with Crippen LogP contribution in [-0.4, -0.2) is 23.9 Å². The highest BCUT2D eigenvalue weighted by Crippen LogP contribution is 2.18. The Hall–Kier alpha value is -2.11. The van der Waals surface area contributed by atoms with Crippen molar-refractivity contribution in [2.75, 3.05) is 5.73 Å². The number of nitrogens with one attached hydrogen (secondary N) is 2. The first-order valence-electron chi connectivity index (χ1n) is 6.13. The number of carbonyl (C=O) groups is 2. The minimum absolute atomic E-state index is 0.0484. The van der Waals surface area contributed by atoms with Crippen LogP contribution in [0.25, 0.3) is 0 Å². The lowest BCUT2D eigenvalue weighted by molar-refractivity contribution is -0.122. The Morgan fingerprint density at radius 3 is 2.68 bits per heavy atom. The molecule has 1 unspecified atom stereocenters. The summed E-state index contributed by atoms with van der Waals surface area (Å²) in [7, 11) is 0. The second kappa shape index (κ2) is 5.26. The van der Waals surface area contributed by atoms with E-state index in [9.17, 15) is 14.0 Å². The second-order valence-corrected chi connectivity index (χ2v) is 4.71. The van der Waals surface area contributed by atoms with Gasteiger partial charge in [-0.2, -0.15) is 0 Å². The topological polar surface area (TPSA) is 84.2 Å². The van der Waals surface area contributed by atoms with Gasteiger partial charge in [-0.15, -0.1) is 0 Å². The van der Waals surface area contributed by atoms with Gasteiger partial charge in [-0.3, -0.25) is 9.59 Å². The lowest BCUT2D eigenvalue weighted by Gasteiger charge is -2.14. The van der Waals surface area contributed by atoms with Crippen molar-refractivity contribution in [3.8, 4) is 0 Å². The molecule has 102 valence electrons. The summed E-state index contributed by atoms with van der Waals surface area (Å²) in [4.78, 5) is 23.6. The number of hydrogen-bond acceptors (Lipinski definition) is 3. The van der Waals surface area contributed by atoms with Gasteiger partial charge in [-0.25, -0.2) is 4.39 Å². The molecule has 1 aliphatic rings. The van der Waals surface area contributed by atoms with E-state index in [-0.39, 0.29) is 23.2 Å². The maximum Gasteiger partial charge on any atom is 0.254 e. The van der Waals surface area contributed by atoms with E-state index in [1.807, 2.05) is 0 Å². The molecule has 1 aliphatic carbocycles. The number of nitrogens with two attached hydrogens (primary N) is 1. The van der Waals surface area contributed by atoms with Crippen molar-refractivity contribution in [2.45, 2.75) is 31.8 Å². The third kappa shape index (κ3) is 3.43. The Morgan fingerprint density at radius 2 is 2.11 bits per heavy atom. The predicted molar refractivity (Wildman–Crippen MR) is 68.9 cm³/mol. The minimum atomic E-state index is -0.655. The molecule has 4 N–H and O–H groups in total. The predicted octanol–water partition coefficient (Wildman–Crippen LogP) is 0.805. The van der Waals surface area contributed by atoms with E-state index in [0.29, 0.717) is 0 Å². The lowest BCUT2D eigenvalue weighted by Crippen LogP contribution is -2.45. The first kappa shape index (κ1) is 13.3. The number of rotatable bonds is 4. The third-order valence-corrected chi connectivity index (χ3v) is 2.92. The summed E-state index contributed by atoms with van der Waals surface area (Å²) < 4.78 is 12.9. The van der Waals surface area contributed by atoms with Crippen molar-refractivity contribution < 1.29 is 14.0 Å². The Kier molecular flexibility index (Phi) is 3.69. The summed E-state index contributed by atoms with van der Waals surface area (Å²) in [6, 6.07) is 3.11. The highest BCUT2D eigenvalue weighted by atomic mass is 19.1. The molecule has 5 nitrogen and oxygen atoms in total. The van der Waals surface area contributed by atoms with Crippen LogP contribution in [0.4, 0.5) is 10.1 Å². The van der Waals surface area contributed by atoms with Gasteiger partial charge in [-0.1, -0.05) is 0 Å². The van der Waals surface area contributed by atoms with Gasteiger partial charge in [0.1, 0.15) is 11.9 Å². The molecule has 1 saturated carbocycles. The summed E-state index contributed by atoms with van der Waals surface area (Å²) >= 11 is 0.